The lowest BCUT2D eigenvalue weighted by atomic mass is 10.1. The molecule has 3 aromatic heterocycles. The summed E-state index contributed by atoms with van der Waals surface area (Å²) in [7, 11) is 7.11. The fourth-order valence-corrected chi connectivity index (χ4v) is 3.39. The Morgan fingerprint density at radius 2 is 1.83 bits per heavy atom. The van der Waals surface area contributed by atoms with Crippen molar-refractivity contribution in [1.82, 2.24) is 19.4 Å². The SMILES string of the molecule is COc1ccc(Nc2nccc3c2cc(-c2ccc(C(=O)N(C)C)cc2)n3C)cn1. The number of hydrogen-bond donors (Lipinski definition) is 1. The number of aromatic nitrogens is 3. The highest BCUT2D eigenvalue weighted by atomic mass is 16.5. The van der Waals surface area contributed by atoms with Crippen LogP contribution in [0.5, 0.6) is 5.88 Å². The van der Waals surface area contributed by atoms with Gasteiger partial charge in [0.15, 0.2) is 0 Å². The van der Waals surface area contributed by atoms with Gasteiger partial charge in [0.2, 0.25) is 5.88 Å². The molecule has 0 unspecified atom stereocenters. The summed E-state index contributed by atoms with van der Waals surface area (Å²) in [6.45, 7) is 0. The summed E-state index contributed by atoms with van der Waals surface area (Å²) >= 11 is 0. The molecule has 0 fully saturated rings. The summed E-state index contributed by atoms with van der Waals surface area (Å²) in [5, 5.41) is 4.33. The van der Waals surface area contributed by atoms with Crippen LogP contribution in [-0.2, 0) is 7.05 Å². The van der Waals surface area contributed by atoms with Gasteiger partial charge in [-0.15, -0.1) is 0 Å². The van der Waals surface area contributed by atoms with Crippen molar-refractivity contribution in [3.63, 3.8) is 0 Å². The van der Waals surface area contributed by atoms with Gasteiger partial charge in [-0.25, -0.2) is 9.97 Å². The number of amides is 1. The topological polar surface area (TPSA) is 72.3 Å². The van der Waals surface area contributed by atoms with E-state index in [-0.39, 0.29) is 5.91 Å². The van der Waals surface area contributed by atoms with Gasteiger partial charge in [0.25, 0.3) is 5.91 Å². The highest BCUT2D eigenvalue weighted by molar-refractivity contribution is 5.97. The zero-order valence-corrected chi connectivity index (χ0v) is 17.4. The average Bonchev–Trinajstić information content (AvgIpc) is 3.11. The largest absolute Gasteiger partial charge is 0.481 e. The molecular weight excluding hydrogens is 378 g/mol. The molecule has 0 aliphatic carbocycles. The second kappa shape index (κ2) is 7.87. The quantitative estimate of drug-likeness (QED) is 0.545. The van der Waals surface area contributed by atoms with Crippen LogP contribution in [0.2, 0.25) is 0 Å². The first-order valence-corrected chi connectivity index (χ1v) is 9.51. The maximum atomic E-state index is 12.1. The molecule has 0 bridgehead atoms. The number of methoxy groups -OCH3 is 1. The van der Waals surface area contributed by atoms with Crippen LogP contribution in [0.1, 0.15) is 10.4 Å². The Hall–Kier alpha value is -3.87. The van der Waals surface area contributed by atoms with Crippen molar-refractivity contribution in [2.75, 3.05) is 26.5 Å². The number of anilines is 2. The van der Waals surface area contributed by atoms with E-state index in [2.05, 4.69) is 25.9 Å². The summed E-state index contributed by atoms with van der Waals surface area (Å²) in [4.78, 5) is 22.5. The van der Waals surface area contributed by atoms with Gasteiger partial charge in [-0.3, -0.25) is 4.79 Å². The third-order valence-electron chi connectivity index (χ3n) is 5.01. The normalized spacial score (nSPS) is 10.8. The van der Waals surface area contributed by atoms with Crippen molar-refractivity contribution < 1.29 is 9.53 Å². The maximum absolute atomic E-state index is 12.1. The highest BCUT2D eigenvalue weighted by Gasteiger charge is 2.14. The molecule has 7 nitrogen and oxygen atoms in total. The number of carbonyl (C=O) groups is 1. The highest BCUT2D eigenvalue weighted by Crippen LogP contribution is 2.32. The van der Waals surface area contributed by atoms with E-state index in [9.17, 15) is 4.79 Å². The van der Waals surface area contributed by atoms with Crippen molar-refractivity contribution >= 4 is 28.3 Å². The van der Waals surface area contributed by atoms with Crippen LogP contribution in [0.25, 0.3) is 22.2 Å². The van der Waals surface area contributed by atoms with E-state index in [0.29, 0.717) is 11.4 Å². The Morgan fingerprint density at radius 1 is 1.07 bits per heavy atom. The number of ether oxygens (including phenoxy) is 1. The van der Waals surface area contributed by atoms with Gasteiger partial charge in [-0.1, -0.05) is 12.1 Å². The molecule has 0 aliphatic rings. The summed E-state index contributed by atoms with van der Waals surface area (Å²) in [6.07, 6.45) is 3.49. The zero-order valence-electron chi connectivity index (χ0n) is 17.4. The van der Waals surface area contributed by atoms with E-state index in [0.717, 1.165) is 33.7 Å². The molecule has 0 atom stereocenters. The molecule has 4 rings (SSSR count). The number of hydrogen-bond acceptors (Lipinski definition) is 5. The van der Waals surface area contributed by atoms with E-state index in [1.807, 2.05) is 43.4 Å². The molecule has 7 heteroatoms. The number of nitrogens with one attached hydrogen (secondary N) is 1. The summed E-state index contributed by atoms with van der Waals surface area (Å²) in [5.41, 5.74) is 4.61. The van der Waals surface area contributed by atoms with Crippen molar-refractivity contribution in [3.05, 3.63) is 66.5 Å². The molecule has 30 heavy (non-hydrogen) atoms. The second-order valence-corrected chi connectivity index (χ2v) is 7.17. The van der Waals surface area contributed by atoms with Gasteiger partial charge in [0, 0.05) is 50.0 Å². The van der Waals surface area contributed by atoms with Gasteiger partial charge >= 0.3 is 0 Å². The van der Waals surface area contributed by atoms with Crippen molar-refractivity contribution in [3.8, 4) is 17.1 Å². The Balaban J connectivity index is 1.70. The molecule has 0 saturated heterocycles. The Morgan fingerprint density at radius 3 is 2.47 bits per heavy atom. The van der Waals surface area contributed by atoms with Crippen LogP contribution in [-0.4, -0.2) is 46.5 Å². The predicted octanol–water partition coefficient (Wildman–Crippen LogP) is 4.09. The van der Waals surface area contributed by atoms with E-state index in [4.69, 9.17) is 4.74 Å². The summed E-state index contributed by atoms with van der Waals surface area (Å²) < 4.78 is 7.23. The van der Waals surface area contributed by atoms with E-state index < -0.39 is 0 Å². The minimum absolute atomic E-state index is 0.0117. The Bertz CT molecular complexity index is 1190. The van der Waals surface area contributed by atoms with Gasteiger partial charge in [-0.2, -0.15) is 0 Å². The number of carbonyl (C=O) groups excluding carboxylic acids is 1. The number of nitrogens with zero attached hydrogens (tertiary/aromatic N) is 4. The van der Waals surface area contributed by atoms with Gasteiger partial charge in [0.1, 0.15) is 5.82 Å². The lowest BCUT2D eigenvalue weighted by Crippen LogP contribution is -2.21. The number of fused-ring (bicyclic) bond motifs is 1. The lowest BCUT2D eigenvalue weighted by Gasteiger charge is -2.11. The van der Waals surface area contributed by atoms with E-state index >= 15 is 0 Å². The molecule has 0 aliphatic heterocycles. The molecule has 3 heterocycles. The smallest absolute Gasteiger partial charge is 0.253 e. The van der Waals surface area contributed by atoms with Crippen LogP contribution >= 0.6 is 0 Å². The Labute approximate surface area is 174 Å². The first kappa shape index (κ1) is 19.4. The molecule has 0 radical (unpaired) electrons. The average molecular weight is 401 g/mol. The first-order chi connectivity index (χ1) is 14.5. The van der Waals surface area contributed by atoms with Gasteiger partial charge in [0.05, 0.1) is 24.5 Å². The third-order valence-corrected chi connectivity index (χ3v) is 5.01. The van der Waals surface area contributed by atoms with Crippen LogP contribution in [0.15, 0.2) is 60.9 Å². The molecule has 0 spiro atoms. The number of pyridine rings is 2. The van der Waals surface area contributed by atoms with E-state index in [1.54, 1.807) is 44.6 Å². The lowest BCUT2D eigenvalue weighted by molar-refractivity contribution is 0.0827. The van der Waals surface area contributed by atoms with Gasteiger partial charge < -0.3 is 19.5 Å². The van der Waals surface area contributed by atoms with Crippen molar-refractivity contribution in [1.29, 1.82) is 0 Å². The van der Waals surface area contributed by atoms with Crippen LogP contribution in [0.3, 0.4) is 0 Å². The minimum atomic E-state index is -0.0117. The molecule has 4 aromatic rings. The monoisotopic (exact) mass is 401 g/mol. The summed E-state index contributed by atoms with van der Waals surface area (Å²) in [6, 6.07) is 15.4. The minimum Gasteiger partial charge on any atom is -0.481 e. The zero-order chi connectivity index (χ0) is 21.3. The number of aryl methyl sites for hydroxylation is 1. The fourth-order valence-electron chi connectivity index (χ4n) is 3.39. The number of benzene rings is 1. The second-order valence-electron chi connectivity index (χ2n) is 7.17. The third kappa shape index (κ3) is 3.57. The predicted molar refractivity (Wildman–Crippen MR) is 118 cm³/mol. The molecule has 0 saturated carbocycles. The first-order valence-electron chi connectivity index (χ1n) is 9.51. The van der Waals surface area contributed by atoms with Crippen molar-refractivity contribution in [2.45, 2.75) is 0 Å². The van der Waals surface area contributed by atoms with E-state index in [1.165, 1.54) is 0 Å². The fraction of sp³-hybridized carbons (Fsp3) is 0.174. The van der Waals surface area contributed by atoms with Crippen molar-refractivity contribution in [2.24, 2.45) is 7.05 Å². The van der Waals surface area contributed by atoms with Gasteiger partial charge in [-0.05, 0) is 35.9 Å². The van der Waals surface area contributed by atoms with Crippen LogP contribution < -0.4 is 10.1 Å². The number of rotatable bonds is 5. The molecule has 1 amide bonds. The van der Waals surface area contributed by atoms with Crippen LogP contribution in [0, 0.1) is 0 Å². The molecule has 1 aromatic carbocycles. The standard InChI is InChI=1S/C23H23N5O2/c1-27(2)23(29)16-7-5-15(6-8-16)20-13-18-19(28(20)3)11-12-24-22(18)26-17-9-10-21(30-4)25-14-17/h5-14H,1-4H3,(H,24,26). The maximum Gasteiger partial charge on any atom is 0.253 e. The summed E-state index contributed by atoms with van der Waals surface area (Å²) in [5.74, 6) is 1.30. The molecule has 1 N–H and O–H groups in total. The Kier molecular flexibility index (Phi) is 5.10. The molecular formula is C23H23N5O2. The van der Waals surface area contributed by atoms with Crippen LogP contribution in [0.4, 0.5) is 11.5 Å². The molecule has 152 valence electrons.